The van der Waals surface area contributed by atoms with Gasteiger partial charge in [0.2, 0.25) is 0 Å². The molecule has 1 saturated heterocycles. The Labute approximate surface area is 233 Å². The van der Waals surface area contributed by atoms with Crippen molar-refractivity contribution in [2.45, 2.75) is 76.0 Å². The third kappa shape index (κ3) is 7.00. The number of benzene rings is 2. The van der Waals surface area contributed by atoms with Crippen LogP contribution in [0.3, 0.4) is 0 Å². The lowest BCUT2D eigenvalue weighted by molar-refractivity contribution is 0.0836. The summed E-state index contributed by atoms with van der Waals surface area (Å²) in [6.07, 6.45) is 11.7. The van der Waals surface area contributed by atoms with Crippen LogP contribution in [0.1, 0.15) is 86.6 Å². The number of hydrogen-bond donors (Lipinski definition) is 0. The number of carbonyl (C=O) groups is 1. The molecule has 1 aliphatic heterocycles. The third-order valence-corrected chi connectivity index (χ3v) is 9.03. The van der Waals surface area contributed by atoms with Gasteiger partial charge in [0.25, 0.3) is 0 Å². The van der Waals surface area contributed by atoms with Crippen molar-refractivity contribution in [2.75, 3.05) is 33.9 Å². The topological polar surface area (TPSA) is 62.6 Å². The van der Waals surface area contributed by atoms with E-state index in [2.05, 4.69) is 17.0 Å². The van der Waals surface area contributed by atoms with Gasteiger partial charge < -0.3 is 14.4 Å². The molecule has 0 aromatic heterocycles. The molecule has 0 bridgehead atoms. The average molecular weight is 535 g/mol. The minimum atomic E-state index is -0.562. The summed E-state index contributed by atoms with van der Waals surface area (Å²) in [6, 6.07) is 14.8. The molecule has 1 saturated carbocycles. The Hall–Kier alpha value is -2.91. The molecule has 1 atom stereocenters. The summed E-state index contributed by atoms with van der Waals surface area (Å²) in [5.41, 5.74) is 1.08. The van der Waals surface area contributed by atoms with Crippen LogP contribution >= 0.6 is 0 Å². The zero-order chi connectivity index (χ0) is 27.7. The Morgan fingerprint density at radius 1 is 0.949 bits per heavy atom. The number of ketones is 1. The van der Waals surface area contributed by atoms with E-state index in [0.717, 1.165) is 63.7 Å². The summed E-state index contributed by atoms with van der Waals surface area (Å²) in [5.74, 6) is 1.47. The SMILES string of the molecule is COc1ccc(C(C#N)(CCCN2CCC(C(=O)c3ccc(F)cc3)CC2)C2CCCCCCC2)cc1OC. The van der Waals surface area contributed by atoms with Gasteiger partial charge in [0.05, 0.1) is 25.7 Å². The van der Waals surface area contributed by atoms with Crippen molar-refractivity contribution in [3.05, 3.63) is 59.4 Å². The summed E-state index contributed by atoms with van der Waals surface area (Å²) in [7, 11) is 3.29. The van der Waals surface area contributed by atoms with Gasteiger partial charge in [-0.05, 0) is 106 Å². The fraction of sp³-hybridized carbons (Fsp3) is 0.576. The van der Waals surface area contributed by atoms with E-state index in [1.54, 1.807) is 26.4 Å². The number of ether oxygens (including phenoxy) is 2. The van der Waals surface area contributed by atoms with Crippen molar-refractivity contribution in [2.24, 2.45) is 11.8 Å². The summed E-state index contributed by atoms with van der Waals surface area (Å²) in [6.45, 7) is 2.66. The van der Waals surface area contributed by atoms with Gasteiger partial charge >= 0.3 is 0 Å². The number of rotatable bonds is 10. The second kappa shape index (κ2) is 13.9. The standard InChI is InChI=1S/C33H43FN2O3/c1-38-30-16-13-28(23-31(30)39-2)33(24-35,27-9-6-4-3-5-7-10-27)19-8-20-36-21-17-26(18-22-36)32(37)25-11-14-29(34)15-12-25/h11-16,23,26-27H,3-10,17-22H2,1-2H3. The van der Waals surface area contributed by atoms with E-state index in [1.807, 2.05) is 12.1 Å². The van der Waals surface area contributed by atoms with E-state index in [1.165, 1.54) is 44.2 Å². The molecule has 2 fully saturated rings. The Kier molecular flexibility index (Phi) is 10.4. The molecule has 4 rings (SSSR count). The Morgan fingerprint density at radius 2 is 1.59 bits per heavy atom. The number of halogens is 1. The van der Waals surface area contributed by atoms with Crippen LogP contribution in [-0.4, -0.2) is 44.5 Å². The van der Waals surface area contributed by atoms with Gasteiger partial charge in [-0.3, -0.25) is 4.79 Å². The molecule has 210 valence electrons. The number of nitrogens with zero attached hydrogens (tertiary/aromatic N) is 2. The maximum Gasteiger partial charge on any atom is 0.166 e. The smallest absolute Gasteiger partial charge is 0.166 e. The highest BCUT2D eigenvalue weighted by Gasteiger charge is 2.41. The van der Waals surface area contributed by atoms with Gasteiger partial charge in [0, 0.05) is 11.5 Å². The number of carbonyl (C=O) groups excluding carboxylic acids is 1. The fourth-order valence-electron chi connectivity index (χ4n) is 6.71. The van der Waals surface area contributed by atoms with Crippen LogP contribution in [0.4, 0.5) is 4.39 Å². The predicted molar refractivity (Wildman–Crippen MR) is 152 cm³/mol. The summed E-state index contributed by atoms with van der Waals surface area (Å²) in [4.78, 5) is 15.3. The zero-order valence-electron chi connectivity index (χ0n) is 23.6. The van der Waals surface area contributed by atoms with Crippen LogP contribution in [0.25, 0.3) is 0 Å². The van der Waals surface area contributed by atoms with Crippen molar-refractivity contribution < 1.29 is 18.7 Å². The van der Waals surface area contributed by atoms with Gasteiger partial charge in [-0.2, -0.15) is 5.26 Å². The second-order valence-electron chi connectivity index (χ2n) is 11.3. The molecule has 0 N–H and O–H groups in total. The van der Waals surface area contributed by atoms with Gasteiger partial charge in [0.1, 0.15) is 5.82 Å². The van der Waals surface area contributed by atoms with Crippen LogP contribution in [0, 0.1) is 29.0 Å². The predicted octanol–water partition coefficient (Wildman–Crippen LogP) is 7.34. The number of hydrogen-bond acceptors (Lipinski definition) is 5. The molecule has 0 spiro atoms. The molecule has 2 aromatic rings. The zero-order valence-corrected chi connectivity index (χ0v) is 23.6. The van der Waals surface area contributed by atoms with Gasteiger partial charge in [-0.25, -0.2) is 4.39 Å². The average Bonchev–Trinajstić information content (AvgIpc) is 2.95. The van der Waals surface area contributed by atoms with Crippen molar-refractivity contribution >= 4 is 5.78 Å². The molecular weight excluding hydrogens is 491 g/mol. The van der Waals surface area contributed by atoms with E-state index >= 15 is 0 Å². The molecule has 39 heavy (non-hydrogen) atoms. The van der Waals surface area contributed by atoms with Crippen LogP contribution in [0.15, 0.2) is 42.5 Å². The quantitative estimate of drug-likeness (QED) is 0.299. The number of likely N-dealkylation sites (tertiary alicyclic amines) is 1. The molecule has 5 nitrogen and oxygen atoms in total. The van der Waals surface area contributed by atoms with Crippen molar-refractivity contribution in [1.82, 2.24) is 4.90 Å². The Bertz CT molecular complexity index is 1110. The maximum absolute atomic E-state index is 13.3. The van der Waals surface area contributed by atoms with E-state index in [4.69, 9.17) is 9.47 Å². The molecule has 2 aliphatic rings. The molecule has 2 aromatic carbocycles. The lowest BCUT2D eigenvalue weighted by Gasteiger charge is -2.38. The lowest BCUT2D eigenvalue weighted by atomic mass is 9.64. The highest BCUT2D eigenvalue weighted by Crippen LogP contribution is 2.45. The first-order valence-electron chi connectivity index (χ1n) is 14.7. The van der Waals surface area contributed by atoms with E-state index in [0.29, 0.717) is 23.0 Å². The summed E-state index contributed by atoms with van der Waals surface area (Å²) in [5, 5.41) is 10.8. The van der Waals surface area contributed by atoms with Crippen molar-refractivity contribution in [1.29, 1.82) is 5.26 Å². The van der Waals surface area contributed by atoms with E-state index in [-0.39, 0.29) is 17.5 Å². The first kappa shape index (κ1) is 29.1. The van der Waals surface area contributed by atoms with Crippen LogP contribution < -0.4 is 9.47 Å². The minimum Gasteiger partial charge on any atom is -0.493 e. The number of nitriles is 1. The monoisotopic (exact) mass is 534 g/mol. The third-order valence-electron chi connectivity index (χ3n) is 9.03. The minimum absolute atomic E-state index is 0.00778. The fourth-order valence-corrected chi connectivity index (χ4v) is 6.71. The molecule has 1 heterocycles. The van der Waals surface area contributed by atoms with Crippen LogP contribution in [0.2, 0.25) is 0 Å². The highest BCUT2D eigenvalue weighted by molar-refractivity contribution is 5.97. The molecule has 1 unspecified atom stereocenters. The summed E-state index contributed by atoms with van der Waals surface area (Å²) < 4.78 is 24.4. The number of piperidine rings is 1. The van der Waals surface area contributed by atoms with Crippen LogP contribution in [0.5, 0.6) is 11.5 Å². The first-order chi connectivity index (χ1) is 19.0. The van der Waals surface area contributed by atoms with Gasteiger partial charge in [-0.15, -0.1) is 0 Å². The molecule has 6 heteroatoms. The lowest BCUT2D eigenvalue weighted by Crippen LogP contribution is -2.39. The molecule has 0 amide bonds. The molecule has 1 aliphatic carbocycles. The number of Topliss-reactive ketones (excluding diaryl/α,β-unsaturated/α-hetero) is 1. The second-order valence-corrected chi connectivity index (χ2v) is 11.3. The normalized spacial score (nSPS) is 19.3. The molecule has 0 radical (unpaired) electrons. The Morgan fingerprint density at radius 3 is 2.21 bits per heavy atom. The summed E-state index contributed by atoms with van der Waals surface area (Å²) >= 11 is 0. The van der Waals surface area contributed by atoms with E-state index < -0.39 is 5.41 Å². The van der Waals surface area contributed by atoms with Gasteiger partial charge in [-0.1, -0.05) is 38.2 Å². The largest absolute Gasteiger partial charge is 0.493 e. The first-order valence-corrected chi connectivity index (χ1v) is 14.7. The van der Waals surface area contributed by atoms with Crippen molar-refractivity contribution in [3.63, 3.8) is 0 Å². The van der Waals surface area contributed by atoms with E-state index in [9.17, 15) is 14.4 Å². The van der Waals surface area contributed by atoms with Crippen LogP contribution in [-0.2, 0) is 5.41 Å². The molecular formula is C33H43FN2O3. The van der Waals surface area contributed by atoms with Gasteiger partial charge in [0.15, 0.2) is 17.3 Å². The Balaban J connectivity index is 1.43. The highest BCUT2D eigenvalue weighted by atomic mass is 19.1. The van der Waals surface area contributed by atoms with Crippen molar-refractivity contribution in [3.8, 4) is 17.6 Å². The number of methoxy groups -OCH3 is 2. The maximum atomic E-state index is 13.3.